The zero-order valence-corrected chi connectivity index (χ0v) is 20.8. The Labute approximate surface area is 208 Å². The Morgan fingerprint density at radius 2 is 2.17 bits per heavy atom. The quantitative estimate of drug-likeness (QED) is 0.186. The number of allylic oxidation sites excluding steroid dienone is 2. The summed E-state index contributed by atoms with van der Waals surface area (Å²) in [4.78, 5) is 26.9. The minimum atomic E-state index is -1.03. The molecule has 1 fully saturated rings. The fraction of sp³-hybridized carbons (Fsp3) is 0.440. The summed E-state index contributed by atoms with van der Waals surface area (Å²) in [5.74, 6) is -0.713. The van der Waals surface area contributed by atoms with Crippen LogP contribution in [0.4, 0.5) is 5.69 Å². The van der Waals surface area contributed by atoms with Crippen LogP contribution in [0.25, 0.3) is 0 Å². The minimum absolute atomic E-state index is 0.0254. The maximum Gasteiger partial charge on any atom is 0.312 e. The molecule has 0 radical (unpaired) electrons. The summed E-state index contributed by atoms with van der Waals surface area (Å²) in [6.07, 6.45) is 9.12. The van der Waals surface area contributed by atoms with E-state index in [0.29, 0.717) is 19.4 Å². The predicted molar refractivity (Wildman–Crippen MR) is 132 cm³/mol. The molecule has 1 saturated heterocycles. The van der Waals surface area contributed by atoms with Crippen molar-refractivity contribution in [3.8, 4) is 5.75 Å². The van der Waals surface area contributed by atoms with Crippen LogP contribution >= 0.6 is 11.8 Å². The Bertz CT molecular complexity index is 1050. The molecule has 0 saturated carbocycles. The van der Waals surface area contributed by atoms with Gasteiger partial charge in [0.25, 0.3) is 0 Å². The van der Waals surface area contributed by atoms with Crippen LogP contribution < -0.4 is 4.74 Å². The smallest absolute Gasteiger partial charge is 0.312 e. The van der Waals surface area contributed by atoms with Crippen molar-refractivity contribution < 1.29 is 29.0 Å². The topological polar surface area (TPSA) is 121 Å². The van der Waals surface area contributed by atoms with Gasteiger partial charge in [0.1, 0.15) is 0 Å². The van der Waals surface area contributed by atoms with Crippen LogP contribution in [0.5, 0.6) is 5.75 Å². The van der Waals surface area contributed by atoms with Gasteiger partial charge in [-0.2, -0.15) is 0 Å². The van der Waals surface area contributed by atoms with Gasteiger partial charge >= 0.3 is 11.7 Å². The van der Waals surface area contributed by atoms with E-state index in [-0.39, 0.29) is 29.9 Å². The molecule has 2 aromatic rings. The van der Waals surface area contributed by atoms with Gasteiger partial charge in [-0.3, -0.25) is 19.9 Å². The molecule has 35 heavy (non-hydrogen) atoms. The Balaban J connectivity index is 1.77. The highest BCUT2D eigenvalue weighted by Gasteiger charge is 2.43. The van der Waals surface area contributed by atoms with Gasteiger partial charge in [0, 0.05) is 35.7 Å². The van der Waals surface area contributed by atoms with Crippen molar-refractivity contribution in [1.82, 2.24) is 4.98 Å². The van der Waals surface area contributed by atoms with E-state index in [4.69, 9.17) is 19.3 Å². The average molecular weight is 503 g/mol. The van der Waals surface area contributed by atoms with Crippen LogP contribution in [0.3, 0.4) is 0 Å². The maximum atomic E-state index is 11.6. The minimum Gasteiger partial charge on any atom is -0.481 e. The number of pyridine rings is 1. The number of nitrogens with zero attached hydrogens (tertiary/aromatic N) is 2. The van der Waals surface area contributed by atoms with E-state index >= 15 is 0 Å². The summed E-state index contributed by atoms with van der Waals surface area (Å²) in [5.41, 5.74) is -0.265. The van der Waals surface area contributed by atoms with Crippen molar-refractivity contribution >= 4 is 23.4 Å². The molecule has 1 aromatic heterocycles. The fourth-order valence-corrected chi connectivity index (χ4v) is 4.25. The molecule has 3 atom stereocenters. The Kier molecular flexibility index (Phi) is 9.25. The van der Waals surface area contributed by atoms with Gasteiger partial charge in [0.2, 0.25) is 0 Å². The molecule has 1 aliphatic heterocycles. The van der Waals surface area contributed by atoms with Crippen LogP contribution in [-0.2, 0) is 14.3 Å². The molecule has 0 aliphatic carbocycles. The van der Waals surface area contributed by atoms with Gasteiger partial charge in [-0.25, -0.2) is 0 Å². The number of hydrogen-bond donors (Lipinski definition) is 1. The lowest BCUT2D eigenvalue weighted by atomic mass is 9.92. The van der Waals surface area contributed by atoms with Gasteiger partial charge in [-0.1, -0.05) is 18.2 Å². The van der Waals surface area contributed by atoms with Gasteiger partial charge in [0.15, 0.2) is 17.6 Å². The lowest BCUT2D eigenvalue weighted by Crippen LogP contribution is -2.50. The number of thioether (sulfide) groups is 1. The number of nitro benzene ring substituents is 1. The van der Waals surface area contributed by atoms with E-state index in [0.717, 1.165) is 10.5 Å². The zero-order valence-electron chi connectivity index (χ0n) is 20.0. The molecule has 188 valence electrons. The van der Waals surface area contributed by atoms with Crippen molar-refractivity contribution in [1.29, 1.82) is 0 Å². The first-order valence-corrected chi connectivity index (χ1v) is 12.5. The summed E-state index contributed by atoms with van der Waals surface area (Å²) in [7, 11) is 0. The average Bonchev–Trinajstić information content (AvgIpc) is 2.84. The highest BCUT2D eigenvalue weighted by molar-refractivity contribution is 7.98. The number of aliphatic carboxylic acids is 1. The van der Waals surface area contributed by atoms with Crippen LogP contribution in [0.15, 0.2) is 59.8 Å². The van der Waals surface area contributed by atoms with E-state index in [1.807, 2.05) is 30.5 Å². The van der Waals surface area contributed by atoms with E-state index in [9.17, 15) is 14.9 Å². The van der Waals surface area contributed by atoms with Gasteiger partial charge in [-0.05, 0) is 56.7 Å². The first-order valence-electron chi connectivity index (χ1n) is 11.3. The van der Waals surface area contributed by atoms with E-state index in [1.54, 1.807) is 38.4 Å². The van der Waals surface area contributed by atoms with Gasteiger partial charge < -0.3 is 19.3 Å². The highest BCUT2D eigenvalue weighted by Crippen LogP contribution is 2.40. The van der Waals surface area contributed by atoms with Crippen LogP contribution in [0, 0.1) is 16.0 Å². The van der Waals surface area contributed by atoms with E-state index in [1.165, 1.54) is 17.8 Å². The molecular weight excluding hydrogens is 472 g/mol. The zero-order chi connectivity index (χ0) is 25.4. The molecule has 3 rings (SSSR count). The molecule has 0 spiro atoms. The molecule has 10 heteroatoms. The molecule has 0 amide bonds. The van der Waals surface area contributed by atoms with Crippen molar-refractivity contribution in [2.24, 2.45) is 5.92 Å². The summed E-state index contributed by atoms with van der Waals surface area (Å²) in [6, 6.07) is 8.63. The second-order valence-electron chi connectivity index (χ2n) is 8.70. The summed E-state index contributed by atoms with van der Waals surface area (Å²) in [6.45, 7) is 3.92. The number of carbonyl (C=O) groups is 1. The number of nitro groups is 1. The molecule has 1 aliphatic rings. The maximum absolute atomic E-state index is 11.6. The largest absolute Gasteiger partial charge is 0.481 e. The number of ether oxygens (including phenoxy) is 3. The first-order chi connectivity index (χ1) is 16.7. The third-order valence-corrected chi connectivity index (χ3v) is 6.33. The molecule has 2 heterocycles. The van der Waals surface area contributed by atoms with E-state index < -0.39 is 22.8 Å². The molecule has 1 N–H and O–H groups in total. The fourth-order valence-electron chi connectivity index (χ4n) is 3.81. The van der Waals surface area contributed by atoms with Crippen molar-refractivity contribution in [3.05, 3.63) is 70.6 Å². The van der Waals surface area contributed by atoms with Crippen molar-refractivity contribution in [2.45, 2.75) is 56.0 Å². The van der Waals surface area contributed by atoms with Crippen molar-refractivity contribution in [2.75, 3.05) is 12.9 Å². The van der Waals surface area contributed by atoms with E-state index in [2.05, 4.69) is 4.98 Å². The first kappa shape index (κ1) is 26.7. The molecule has 0 bridgehead atoms. The lowest BCUT2D eigenvalue weighted by molar-refractivity contribution is -0.387. The van der Waals surface area contributed by atoms with Crippen LogP contribution in [0.1, 0.15) is 44.8 Å². The van der Waals surface area contributed by atoms with Crippen LogP contribution in [0.2, 0.25) is 0 Å². The van der Waals surface area contributed by atoms with Gasteiger partial charge in [0.05, 0.1) is 17.6 Å². The summed E-state index contributed by atoms with van der Waals surface area (Å²) >= 11 is 1.41. The monoisotopic (exact) mass is 502 g/mol. The number of carboxylic acids is 1. The van der Waals surface area contributed by atoms with Gasteiger partial charge in [-0.15, -0.1) is 11.8 Å². The molecule has 9 nitrogen and oxygen atoms in total. The summed E-state index contributed by atoms with van der Waals surface area (Å²) < 4.78 is 18.5. The lowest BCUT2D eigenvalue weighted by Gasteiger charge is -2.42. The predicted octanol–water partition coefficient (Wildman–Crippen LogP) is 5.41. The summed E-state index contributed by atoms with van der Waals surface area (Å²) in [5, 5.41) is 20.4. The van der Waals surface area contributed by atoms with Crippen LogP contribution in [-0.4, -0.2) is 45.7 Å². The molecular formula is C25H30N2O7S. The number of hydrogen-bond acceptors (Lipinski definition) is 8. The Morgan fingerprint density at radius 1 is 1.37 bits per heavy atom. The Hall–Kier alpha value is -2.95. The SMILES string of the molecule is CSc1ccc(OC(C)(C)[C@H]2OC[C@@H](C/C=C\CCC(=O)O)[C@@H](c3cccnc3)O2)c([N+](=O)[O-])c1. The molecule has 0 unspecified atom stereocenters. The standard InChI is InChI=1S/C25H30N2O7S/c1-25(2,34-21-12-11-19(35-3)14-20(21)27(30)31)24-32-16-18(8-5-4-6-10-22(28)29)23(33-24)17-9-7-13-26-15-17/h4-5,7,9,11-15,18,23-24H,6,8,10,16H2,1-3H3,(H,28,29)/b5-4-/t18-,23-,24+/m1/s1. The normalized spacial score (nSPS) is 20.6. The third kappa shape index (κ3) is 7.27. The Morgan fingerprint density at radius 3 is 2.83 bits per heavy atom. The highest BCUT2D eigenvalue weighted by atomic mass is 32.2. The van der Waals surface area contributed by atoms with Crippen molar-refractivity contribution in [3.63, 3.8) is 0 Å². The number of aromatic nitrogens is 1. The molecule has 1 aromatic carbocycles. The second-order valence-corrected chi connectivity index (χ2v) is 9.58. The third-order valence-electron chi connectivity index (χ3n) is 5.61. The number of rotatable bonds is 11. The number of carboxylic acid groups (broad SMARTS) is 1. The number of benzene rings is 1. The second kappa shape index (κ2) is 12.1.